The standard InChI is InChI=1S/C10H14N6/c11-9-6-13-7-15-10(9)14-2-1-4-16-5-3-12-8-16/h3,5-8H,1-2,4,11H2,(H,13,14,15). The van der Waals surface area contributed by atoms with Crippen LogP contribution in [0.3, 0.4) is 0 Å². The van der Waals surface area contributed by atoms with Crippen LogP contribution < -0.4 is 11.1 Å². The highest BCUT2D eigenvalue weighted by atomic mass is 15.0. The summed E-state index contributed by atoms with van der Waals surface area (Å²) >= 11 is 0. The highest BCUT2D eigenvalue weighted by Gasteiger charge is 1.98. The predicted octanol–water partition coefficient (Wildman–Crippen LogP) is 0.757. The first-order chi connectivity index (χ1) is 7.86. The third-order valence-corrected chi connectivity index (χ3v) is 2.19. The average Bonchev–Trinajstić information content (AvgIpc) is 2.79. The maximum atomic E-state index is 5.69. The van der Waals surface area contributed by atoms with Crippen molar-refractivity contribution in [3.63, 3.8) is 0 Å². The summed E-state index contributed by atoms with van der Waals surface area (Å²) in [5.74, 6) is 0.695. The molecule has 0 saturated heterocycles. The molecule has 0 atom stereocenters. The summed E-state index contributed by atoms with van der Waals surface area (Å²) < 4.78 is 2.03. The van der Waals surface area contributed by atoms with Crippen molar-refractivity contribution in [3.8, 4) is 0 Å². The van der Waals surface area contributed by atoms with Crippen LogP contribution in [0, 0.1) is 0 Å². The number of nitrogens with two attached hydrogens (primary N) is 1. The summed E-state index contributed by atoms with van der Waals surface area (Å²) in [6.07, 6.45) is 9.58. The molecule has 2 rings (SSSR count). The predicted molar refractivity (Wildman–Crippen MR) is 61.8 cm³/mol. The van der Waals surface area contributed by atoms with Crippen molar-refractivity contribution in [1.29, 1.82) is 0 Å². The van der Waals surface area contributed by atoms with Crippen molar-refractivity contribution in [2.24, 2.45) is 0 Å². The Morgan fingerprint density at radius 1 is 1.38 bits per heavy atom. The van der Waals surface area contributed by atoms with E-state index in [9.17, 15) is 0 Å². The Hall–Kier alpha value is -2.11. The number of anilines is 2. The van der Waals surface area contributed by atoms with Gasteiger partial charge in [-0.05, 0) is 6.42 Å². The lowest BCUT2D eigenvalue weighted by Crippen LogP contribution is -2.08. The van der Waals surface area contributed by atoms with Crippen LogP contribution in [0.1, 0.15) is 6.42 Å². The number of hydrogen-bond donors (Lipinski definition) is 2. The second kappa shape index (κ2) is 5.11. The largest absolute Gasteiger partial charge is 0.394 e. The molecular weight excluding hydrogens is 204 g/mol. The van der Waals surface area contributed by atoms with E-state index in [1.54, 1.807) is 18.7 Å². The minimum absolute atomic E-state index is 0.574. The SMILES string of the molecule is Nc1cncnc1NCCCn1ccnc1. The molecule has 0 bridgehead atoms. The van der Waals surface area contributed by atoms with Gasteiger partial charge in [0, 0.05) is 25.5 Å². The first-order valence-corrected chi connectivity index (χ1v) is 5.11. The van der Waals surface area contributed by atoms with E-state index in [1.165, 1.54) is 6.33 Å². The van der Waals surface area contributed by atoms with E-state index in [1.807, 2.05) is 10.8 Å². The molecule has 0 fully saturated rings. The van der Waals surface area contributed by atoms with Crippen LogP contribution >= 0.6 is 0 Å². The Labute approximate surface area is 93.6 Å². The van der Waals surface area contributed by atoms with Gasteiger partial charge in [0.15, 0.2) is 5.82 Å². The van der Waals surface area contributed by atoms with Crippen LogP contribution in [0.4, 0.5) is 11.5 Å². The van der Waals surface area contributed by atoms with Crippen molar-refractivity contribution >= 4 is 11.5 Å². The van der Waals surface area contributed by atoms with Crippen molar-refractivity contribution < 1.29 is 0 Å². The zero-order valence-corrected chi connectivity index (χ0v) is 8.87. The van der Waals surface area contributed by atoms with Crippen molar-refractivity contribution in [3.05, 3.63) is 31.2 Å². The third kappa shape index (κ3) is 2.69. The second-order valence-electron chi connectivity index (χ2n) is 3.41. The molecule has 0 amide bonds. The molecule has 0 radical (unpaired) electrons. The van der Waals surface area contributed by atoms with Gasteiger partial charge in [-0.15, -0.1) is 0 Å². The highest BCUT2D eigenvalue weighted by Crippen LogP contribution is 2.10. The fourth-order valence-electron chi connectivity index (χ4n) is 1.38. The van der Waals surface area contributed by atoms with E-state index in [-0.39, 0.29) is 0 Å². The van der Waals surface area contributed by atoms with E-state index in [0.29, 0.717) is 11.5 Å². The molecule has 3 N–H and O–H groups in total. The summed E-state index contributed by atoms with van der Waals surface area (Å²) in [6.45, 7) is 1.75. The normalized spacial score (nSPS) is 10.2. The van der Waals surface area contributed by atoms with Crippen LogP contribution in [0.5, 0.6) is 0 Å². The smallest absolute Gasteiger partial charge is 0.152 e. The molecule has 0 saturated carbocycles. The number of nitrogen functional groups attached to an aromatic ring is 1. The molecule has 0 unspecified atom stereocenters. The summed E-state index contributed by atoms with van der Waals surface area (Å²) in [4.78, 5) is 11.8. The van der Waals surface area contributed by atoms with Crippen LogP contribution in [0.15, 0.2) is 31.2 Å². The first kappa shape index (κ1) is 10.4. The van der Waals surface area contributed by atoms with Crippen LogP contribution in [-0.4, -0.2) is 26.1 Å². The zero-order valence-electron chi connectivity index (χ0n) is 8.87. The van der Waals surface area contributed by atoms with E-state index in [2.05, 4.69) is 20.3 Å². The maximum absolute atomic E-state index is 5.69. The number of nitrogens with one attached hydrogen (secondary N) is 1. The number of rotatable bonds is 5. The Balaban J connectivity index is 1.74. The lowest BCUT2D eigenvalue weighted by atomic mass is 10.4. The monoisotopic (exact) mass is 218 g/mol. The molecule has 0 aliphatic heterocycles. The molecular formula is C10H14N6. The molecule has 6 nitrogen and oxygen atoms in total. The summed E-state index contributed by atoms with van der Waals surface area (Å²) in [6, 6.07) is 0. The average molecular weight is 218 g/mol. The Kier molecular flexibility index (Phi) is 3.32. The summed E-state index contributed by atoms with van der Waals surface area (Å²) in [5, 5.41) is 3.17. The molecule has 2 heterocycles. The molecule has 0 aliphatic rings. The van der Waals surface area contributed by atoms with E-state index >= 15 is 0 Å². The topological polar surface area (TPSA) is 81.6 Å². The quantitative estimate of drug-likeness (QED) is 0.724. The van der Waals surface area contributed by atoms with Gasteiger partial charge >= 0.3 is 0 Å². The van der Waals surface area contributed by atoms with E-state index < -0.39 is 0 Å². The maximum Gasteiger partial charge on any atom is 0.152 e. The van der Waals surface area contributed by atoms with Crippen LogP contribution in [0.25, 0.3) is 0 Å². The van der Waals surface area contributed by atoms with Crippen molar-refractivity contribution in [2.75, 3.05) is 17.6 Å². The van der Waals surface area contributed by atoms with Gasteiger partial charge in [0.05, 0.1) is 18.2 Å². The van der Waals surface area contributed by atoms with Gasteiger partial charge in [0.1, 0.15) is 6.33 Å². The molecule has 16 heavy (non-hydrogen) atoms. The Bertz CT molecular complexity index is 425. The lowest BCUT2D eigenvalue weighted by Gasteiger charge is -2.07. The number of hydrogen-bond acceptors (Lipinski definition) is 5. The number of aromatic nitrogens is 4. The molecule has 84 valence electrons. The minimum atomic E-state index is 0.574. The van der Waals surface area contributed by atoms with E-state index in [0.717, 1.165) is 19.5 Å². The zero-order chi connectivity index (χ0) is 11.2. The van der Waals surface area contributed by atoms with Gasteiger partial charge in [-0.25, -0.2) is 15.0 Å². The highest BCUT2D eigenvalue weighted by molar-refractivity contribution is 5.58. The van der Waals surface area contributed by atoms with Gasteiger partial charge in [-0.1, -0.05) is 0 Å². The summed E-state index contributed by atoms with van der Waals surface area (Å²) in [5.41, 5.74) is 6.27. The van der Waals surface area contributed by atoms with Gasteiger partial charge in [0.25, 0.3) is 0 Å². The number of aryl methyl sites for hydroxylation is 1. The Morgan fingerprint density at radius 2 is 2.31 bits per heavy atom. The van der Waals surface area contributed by atoms with Crippen molar-refractivity contribution in [2.45, 2.75) is 13.0 Å². The van der Waals surface area contributed by atoms with Crippen LogP contribution in [0.2, 0.25) is 0 Å². The van der Waals surface area contributed by atoms with Gasteiger partial charge in [0.2, 0.25) is 0 Å². The number of imidazole rings is 1. The van der Waals surface area contributed by atoms with Gasteiger partial charge < -0.3 is 15.6 Å². The lowest BCUT2D eigenvalue weighted by molar-refractivity contribution is 0.660. The fourth-order valence-corrected chi connectivity index (χ4v) is 1.38. The van der Waals surface area contributed by atoms with Crippen LogP contribution in [-0.2, 0) is 6.54 Å². The number of nitrogens with zero attached hydrogens (tertiary/aromatic N) is 4. The Morgan fingerprint density at radius 3 is 3.06 bits per heavy atom. The van der Waals surface area contributed by atoms with Gasteiger partial charge in [-0.3, -0.25) is 0 Å². The molecule has 0 aliphatic carbocycles. The van der Waals surface area contributed by atoms with E-state index in [4.69, 9.17) is 5.73 Å². The fraction of sp³-hybridized carbons (Fsp3) is 0.300. The molecule has 6 heteroatoms. The first-order valence-electron chi connectivity index (χ1n) is 5.11. The molecule has 2 aromatic rings. The van der Waals surface area contributed by atoms with Gasteiger partial charge in [-0.2, -0.15) is 0 Å². The second-order valence-corrected chi connectivity index (χ2v) is 3.41. The summed E-state index contributed by atoms with van der Waals surface area (Å²) in [7, 11) is 0. The molecule has 2 aromatic heterocycles. The van der Waals surface area contributed by atoms with Crippen molar-refractivity contribution in [1.82, 2.24) is 19.5 Å². The molecule has 0 aromatic carbocycles. The molecule has 0 spiro atoms. The third-order valence-electron chi connectivity index (χ3n) is 2.19. The minimum Gasteiger partial charge on any atom is -0.394 e.